The summed E-state index contributed by atoms with van der Waals surface area (Å²) in [5, 5.41) is 10.6. The molecule has 17 nitrogen and oxygen atoms in total. The zero-order valence-corrected chi connectivity index (χ0v) is 58.3. The van der Waals surface area contributed by atoms with E-state index in [1.165, 1.54) is 148 Å². The molecule has 0 heterocycles. The number of hydrogen-bond acceptors (Lipinski definition) is 15. The minimum atomic E-state index is -4.95. The minimum absolute atomic E-state index is 0.103. The van der Waals surface area contributed by atoms with Gasteiger partial charge in [0.15, 0.2) is 12.2 Å². The van der Waals surface area contributed by atoms with E-state index in [0.29, 0.717) is 25.7 Å². The second-order valence-electron chi connectivity index (χ2n) is 25.8. The molecule has 87 heavy (non-hydrogen) atoms. The lowest BCUT2D eigenvalue weighted by Crippen LogP contribution is -2.30. The lowest BCUT2D eigenvalue weighted by Gasteiger charge is -2.21. The monoisotopic (exact) mass is 1280 g/mol. The first-order chi connectivity index (χ1) is 41.8. The number of phosphoric ester groups is 2. The first kappa shape index (κ1) is 85.1. The van der Waals surface area contributed by atoms with Crippen molar-refractivity contribution in [2.24, 2.45) is 17.8 Å². The number of esters is 4. The van der Waals surface area contributed by atoms with Crippen LogP contribution in [0.5, 0.6) is 0 Å². The molecule has 3 N–H and O–H groups in total. The standard InChI is InChI=1S/C68H132O17P2/c1-8-10-11-12-13-20-27-35-42-49-65(70)78-56-64(85-68(73)52-45-38-31-30-34-41-48-61(7)9-2)58-83-87(76,77)81-54-62(69)53-80-86(74,75)82-57-63(55-79-66(71)50-43-36-28-24-23-26-33-40-47-60(5)6)84-67(72)51-44-37-29-22-19-17-15-14-16-18-21-25-32-39-46-59(3)4/h59-64,69H,8-58H2,1-7H3,(H,74,75)(H,76,77)/t61?,62-,63-,64-/m1/s1. The summed E-state index contributed by atoms with van der Waals surface area (Å²) in [4.78, 5) is 72.4. The van der Waals surface area contributed by atoms with E-state index in [0.717, 1.165) is 108 Å². The van der Waals surface area contributed by atoms with E-state index in [-0.39, 0.29) is 25.7 Å². The van der Waals surface area contributed by atoms with Crippen LogP contribution in [0.4, 0.5) is 0 Å². The van der Waals surface area contributed by atoms with E-state index >= 15 is 0 Å². The molecule has 19 heteroatoms. The Morgan fingerprint density at radius 1 is 0.333 bits per heavy atom. The quantitative estimate of drug-likeness (QED) is 0.0222. The van der Waals surface area contributed by atoms with Gasteiger partial charge in [0.2, 0.25) is 0 Å². The van der Waals surface area contributed by atoms with Crippen LogP contribution in [0.2, 0.25) is 0 Å². The second kappa shape index (κ2) is 59.1. The van der Waals surface area contributed by atoms with Crippen molar-refractivity contribution in [3.63, 3.8) is 0 Å². The van der Waals surface area contributed by atoms with E-state index in [9.17, 15) is 43.2 Å². The van der Waals surface area contributed by atoms with Gasteiger partial charge in [0, 0.05) is 25.7 Å². The minimum Gasteiger partial charge on any atom is -0.462 e. The normalized spacial score (nSPS) is 14.6. The van der Waals surface area contributed by atoms with Crippen molar-refractivity contribution in [3.05, 3.63) is 0 Å². The van der Waals surface area contributed by atoms with E-state index in [4.69, 9.17) is 37.0 Å². The summed E-state index contributed by atoms with van der Waals surface area (Å²) in [6, 6.07) is 0. The van der Waals surface area contributed by atoms with Gasteiger partial charge in [-0.05, 0) is 43.4 Å². The molecule has 3 unspecified atom stereocenters. The Balaban J connectivity index is 5.22. The van der Waals surface area contributed by atoms with Gasteiger partial charge in [-0.2, -0.15) is 0 Å². The molecule has 0 saturated carbocycles. The highest BCUT2D eigenvalue weighted by Gasteiger charge is 2.30. The Bertz CT molecular complexity index is 1720. The molecule has 0 aromatic carbocycles. The lowest BCUT2D eigenvalue weighted by molar-refractivity contribution is -0.161. The molecule has 0 saturated heterocycles. The summed E-state index contributed by atoms with van der Waals surface area (Å²) < 4.78 is 68.1. The molecule has 0 rings (SSSR count). The van der Waals surface area contributed by atoms with Crippen molar-refractivity contribution in [1.29, 1.82) is 0 Å². The summed E-state index contributed by atoms with van der Waals surface area (Å²) in [5.74, 6) is 0.108. The third-order valence-corrected chi connectivity index (χ3v) is 17.9. The molecule has 0 spiro atoms. The Kier molecular flexibility index (Phi) is 57.8. The molecule has 0 aromatic heterocycles. The molecule has 0 aliphatic rings. The zero-order chi connectivity index (χ0) is 64.5. The molecule has 0 amide bonds. The van der Waals surface area contributed by atoms with Gasteiger partial charge in [-0.3, -0.25) is 37.3 Å². The van der Waals surface area contributed by atoms with Crippen LogP contribution >= 0.6 is 15.6 Å². The average molecular weight is 1280 g/mol. The predicted octanol–water partition coefficient (Wildman–Crippen LogP) is 19.1. The van der Waals surface area contributed by atoms with Crippen molar-refractivity contribution in [1.82, 2.24) is 0 Å². The Morgan fingerprint density at radius 2 is 0.586 bits per heavy atom. The Labute approximate surface area is 530 Å². The largest absolute Gasteiger partial charge is 0.472 e. The number of phosphoric acid groups is 2. The highest BCUT2D eigenvalue weighted by Crippen LogP contribution is 2.45. The molecule has 0 aliphatic heterocycles. The molecular weight excluding hydrogens is 1150 g/mol. The van der Waals surface area contributed by atoms with E-state index in [1.807, 2.05) is 0 Å². The third kappa shape index (κ3) is 61.3. The number of aliphatic hydroxyl groups is 1. The van der Waals surface area contributed by atoms with Crippen LogP contribution in [0.25, 0.3) is 0 Å². The van der Waals surface area contributed by atoms with Crippen molar-refractivity contribution < 1.29 is 80.2 Å². The van der Waals surface area contributed by atoms with Gasteiger partial charge in [-0.25, -0.2) is 9.13 Å². The van der Waals surface area contributed by atoms with Crippen LogP contribution < -0.4 is 0 Å². The topological polar surface area (TPSA) is 237 Å². The average Bonchev–Trinajstić information content (AvgIpc) is 3.70. The van der Waals surface area contributed by atoms with E-state index in [2.05, 4.69) is 48.5 Å². The molecular formula is C68H132O17P2. The maximum atomic E-state index is 13.0. The molecule has 6 atom stereocenters. The fourth-order valence-corrected chi connectivity index (χ4v) is 11.7. The summed E-state index contributed by atoms with van der Waals surface area (Å²) in [7, 11) is -9.89. The lowest BCUT2D eigenvalue weighted by atomic mass is 10.00. The van der Waals surface area contributed by atoms with E-state index in [1.54, 1.807) is 0 Å². The molecule has 0 bridgehead atoms. The molecule has 0 aromatic rings. The number of unbranched alkanes of at least 4 members (excludes halogenated alkanes) is 33. The van der Waals surface area contributed by atoms with E-state index < -0.39 is 97.5 Å². The van der Waals surface area contributed by atoms with Gasteiger partial charge in [0.05, 0.1) is 26.4 Å². The SMILES string of the molecule is CCCCCCCCCCCC(=O)OC[C@H](COP(=O)(O)OC[C@H](O)COP(=O)(O)OC[C@@H](COC(=O)CCCCCCCCCCC(C)C)OC(=O)CCCCCCCCCCCCCCCCC(C)C)OC(=O)CCCCCCCCC(C)CC. The Morgan fingerprint density at radius 3 is 0.874 bits per heavy atom. The van der Waals surface area contributed by atoms with Crippen LogP contribution in [0, 0.1) is 17.8 Å². The highest BCUT2D eigenvalue weighted by molar-refractivity contribution is 7.47. The van der Waals surface area contributed by atoms with Gasteiger partial charge >= 0.3 is 39.5 Å². The van der Waals surface area contributed by atoms with Gasteiger partial charge in [-0.15, -0.1) is 0 Å². The van der Waals surface area contributed by atoms with Crippen LogP contribution in [-0.2, 0) is 65.4 Å². The molecule has 0 radical (unpaired) electrons. The van der Waals surface area contributed by atoms with Crippen LogP contribution in [-0.4, -0.2) is 96.7 Å². The third-order valence-electron chi connectivity index (χ3n) is 16.0. The predicted molar refractivity (Wildman–Crippen MR) is 349 cm³/mol. The molecule has 0 aliphatic carbocycles. The first-order valence-corrected chi connectivity index (χ1v) is 38.4. The van der Waals surface area contributed by atoms with Crippen molar-refractivity contribution in [3.8, 4) is 0 Å². The molecule has 0 fully saturated rings. The van der Waals surface area contributed by atoms with Gasteiger partial charge in [-0.1, -0.05) is 286 Å². The van der Waals surface area contributed by atoms with Crippen molar-refractivity contribution in [2.45, 2.75) is 356 Å². The maximum absolute atomic E-state index is 13.0. The van der Waals surface area contributed by atoms with Gasteiger partial charge < -0.3 is 33.8 Å². The fourth-order valence-electron chi connectivity index (χ4n) is 10.2. The number of rotatable bonds is 66. The highest BCUT2D eigenvalue weighted by atomic mass is 31.2. The van der Waals surface area contributed by atoms with Gasteiger partial charge in [0.25, 0.3) is 0 Å². The molecule has 516 valence electrons. The van der Waals surface area contributed by atoms with Gasteiger partial charge in [0.1, 0.15) is 19.3 Å². The smallest absolute Gasteiger partial charge is 0.462 e. The number of hydrogen-bond donors (Lipinski definition) is 3. The van der Waals surface area contributed by atoms with Crippen LogP contribution in [0.1, 0.15) is 337 Å². The summed E-state index contributed by atoms with van der Waals surface area (Å²) >= 11 is 0. The number of carbonyl (C=O) groups excluding carboxylic acids is 4. The summed E-state index contributed by atoms with van der Waals surface area (Å²) in [5.41, 5.74) is 0. The maximum Gasteiger partial charge on any atom is 0.472 e. The zero-order valence-electron chi connectivity index (χ0n) is 56.5. The fraction of sp³-hybridized carbons (Fsp3) is 0.941. The van der Waals surface area contributed by atoms with Crippen LogP contribution in [0.3, 0.4) is 0 Å². The van der Waals surface area contributed by atoms with Crippen molar-refractivity contribution in [2.75, 3.05) is 39.6 Å². The Hall–Kier alpha value is -1.94. The second-order valence-corrected chi connectivity index (χ2v) is 28.7. The number of aliphatic hydroxyl groups excluding tert-OH is 1. The summed E-state index contributed by atoms with van der Waals surface area (Å²) in [6.45, 7) is 11.8. The van der Waals surface area contributed by atoms with Crippen LogP contribution in [0.15, 0.2) is 0 Å². The number of carbonyl (C=O) groups is 4. The van der Waals surface area contributed by atoms with Crippen molar-refractivity contribution >= 4 is 39.5 Å². The first-order valence-electron chi connectivity index (χ1n) is 35.4. The number of ether oxygens (including phenoxy) is 4. The summed E-state index contributed by atoms with van der Waals surface area (Å²) in [6.07, 6.45) is 41.8.